The Labute approximate surface area is 112 Å². The van der Waals surface area contributed by atoms with E-state index in [1.807, 2.05) is 12.1 Å². The molecule has 1 saturated carbocycles. The number of hydrogen-bond donors (Lipinski definition) is 1. The van der Waals surface area contributed by atoms with Gasteiger partial charge >= 0.3 is 0 Å². The van der Waals surface area contributed by atoms with Gasteiger partial charge < -0.3 is 9.84 Å². The van der Waals surface area contributed by atoms with Gasteiger partial charge in [-0.05, 0) is 30.0 Å². The molecule has 1 N–H and O–H groups in total. The van der Waals surface area contributed by atoms with E-state index in [1.54, 1.807) is 7.11 Å². The minimum Gasteiger partial charge on any atom is -0.497 e. The van der Waals surface area contributed by atoms with Gasteiger partial charge in [-0.15, -0.1) is 0 Å². The Hall–Kier alpha value is -0.0600. The van der Waals surface area contributed by atoms with Crippen LogP contribution in [0.4, 0.5) is 0 Å². The van der Waals surface area contributed by atoms with E-state index < -0.39 is 0 Å². The molecule has 0 radical (unpaired) electrons. The fourth-order valence-electron chi connectivity index (χ4n) is 2.15. The third-order valence-electron chi connectivity index (χ3n) is 3.12. The zero-order chi connectivity index (χ0) is 11.8. The maximum Gasteiger partial charge on any atom is 0.118 e. The highest BCUT2D eigenvalue weighted by Crippen LogP contribution is 2.68. The summed E-state index contributed by atoms with van der Waals surface area (Å²) >= 11 is 7.33. The number of alkyl halides is 2. The van der Waals surface area contributed by atoms with Crippen molar-refractivity contribution in [2.75, 3.05) is 13.7 Å². The molecule has 4 heteroatoms. The number of halogens is 2. The minimum atomic E-state index is -0.0443. The predicted molar refractivity (Wildman–Crippen MR) is 71.5 cm³/mol. The van der Waals surface area contributed by atoms with Gasteiger partial charge in [0.1, 0.15) is 5.75 Å². The van der Waals surface area contributed by atoms with Crippen molar-refractivity contribution in [2.45, 2.75) is 15.6 Å². The second-order valence-corrected chi connectivity index (χ2v) is 7.73. The van der Waals surface area contributed by atoms with Crippen LogP contribution in [0.2, 0.25) is 0 Å². The highest BCUT2D eigenvalue weighted by molar-refractivity contribution is 9.25. The van der Waals surface area contributed by atoms with Crippen LogP contribution in [0.15, 0.2) is 24.3 Å². The molecular formula is C12H14Br2O2. The molecule has 0 heterocycles. The zero-order valence-electron chi connectivity index (χ0n) is 8.99. The Morgan fingerprint density at radius 2 is 1.94 bits per heavy atom. The Morgan fingerprint density at radius 1 is 1.31 bits per heavy atom. The SMILES string of the molecule is COc1ccc(C2C(CCO)C2(Br)Br)cc1. The highest BCUT2D eigenvalue weighted by atomic mass is 79.9. The summed E-state index contributed by atoms with van der Waals surface area (Å²) in [6, 6.07) is 8.11. The number of aliphatic hydroxyl groups is 1. The van der Waals surface area contributed by atoms with Crippen molar-refractivity contribution < 1.29 is 9.84 Å². The summed E-state index contributed by atoms with van der Waals surface area (Å²) in [5.41, 5.74) is 1.27. The van der Waals surface area contributed by atoms with Gasteiger partial charge in [-0.25, -0.2) is 0 Å². The van der Waals surface area contributed by atoms with Crippen molar-refractivity contribution in [1.29, 1.82) is 0 Å². The summed E-state index contributed by atoms with van der Waals surface area (Å²) in [6.07, 6.45) is 0.813. The van der Waals surface area contributed by atoms with E-state index in [0.717, 1.165) is 12.2 Å². The van der Waals surface area contributed by atoms with Gasteiger partial charge in [0.25, 0.3) is 0 Å². The number of aliphatic hydroxyl groups excluding tert-OH is 1. The zero-order valence-corrected chi connectivity index (χ0v) is 12.2. The molecule has 1 aromatic rings. The highest BCUT2D eigenvalue weighted by Gasteiger charge is 2.61. The van der Waals surface area contributed by atoms with Crippen LogP contribution in [0.5, 0.6) is 5.75 Å². The molecule has 0 amide bonds. The van der Waals surface area contributed by atoms with Gasteiger partial charge in [0.05, 0.1) is 10.3 Å². The number of hydrogen-bond acceptors (Lipinski definition) is 2. The normalized spacial score (nSPS) is 26.5. The molecule has 2 rings (SSSR count). The lowest BCUT2D eigenvalue weighted by molar-refractivity contribution is 0.279. The summed E-state index contributed by atoms with van der Waals surface area (Å²) < 4.78 is 5.09. The fourth-order valence-corrected chi connectivity index (χ4v) is 4.04. The van der Waals surface area contributed by atoms with Crippen molar-refractivity contribution in [1.82, 2.24) is 0 Å². The van der Waals surface area contributed by atoms with Gasteiger partial charge in [0.15, 0.2) is 0 Å². The van der Waals surface area contributed by atoms with E-state index in [0.29, 0.717) is 11.8 Å². The average Bonchev–Trinajstić information content (AvgIpc) is 2.82. The standard InChI is InChI=1S/C12H14Br2O2/c1-16-9-4-2-8(3-5-9)11-10(6-7-15)12(11,13)14/h2-5,10-11,15H,6-7H2,1H3. The molecule has 1 aliphatic rings. The first-order valence-corrected chi connectivity index (χ1v) is 6.82. The molecule has 0 aliphatic heterocycles. The summed E-state index contributed by atoms with van der Waals surface area (Å²) in [5, 5.41) is 8.99. The Balaban J connectivity index is 2.13. The molecule has 2 nitrogen and oxygen atoms in total. The van der Waals surface area contributed by atoms with Crippen LogP contribution in [0.25, 0.3) is 0 Å². The first-order chi connectivity index (χ1) is 7.61. The maximum atomic E-state index is 8.99. The van der Waals surface area contributed by atoms with Gasteiger partial charge in [0.2, 0.25) is 0 Å². The Kier molecular flexibility index (Phi) is 3.62. The molecule has 0 spiro atoms. The monoisotopic (exact) mass is 348 g/mol. The second kappa shape index (κ2) is 4.67. The number of benzene rings is 1. The quantitative estimate of drug-likeness (QED) is 0.845. The van der Waals surface area contributed by atoms with E-state index in [9.17, 15) is 0 Å². The summed E-state index contributed by atoms with van der Waals surface area (Å²) in [6.45, 7) is 0.232. The molecule has 0 aromatic heterocycles. The number of rotatable bonds is 4. The van der Waals surface area contributed by atoms with Crippen LogP contribution in [-0.2, 0) is 0 Å². The third-order valence-corrected chi connectivity index (χ3v) is 5.28. The summed E-state index contributed by atoms with van der Waals surface area (Å²) in [5.74, 6) is 1.74. The summed E-state index contributed by atoms with van der Waals surface area (Å²) in [7, 11) is 1.67. The van der Waals surface area contributed by atoms with E-state index >= 15 is 0 Å². The van der Waals surface area contributed by atoms with Crippen LogP contribution in [0, 0.1) is 5.92 Å². The molecule has 1 fully saturated rings. The van der Waals surface area contributed by atoms with Crippen molar-refractivity contribution >= 4 is 31.9 Å². The van der Waals surface area contributed by atoms with Crippen LogP contribution in [-0.4, -0.2) is 22.1 Å². The van der Waals surface area contributed by atoms with E-state index in [4.69, 9.17) is 9.84 Å². The van der Waals surface area contributed by atoms with Gasteiger partial charge in [0, 0.05) is 12.5 Å². The number of ether oxygens (including phenoxy) is 1. The molecule has 16 heavy (non-hydrogen) atoms. The molecule has 88 valence electrons. The Bertz CT molecular complexity index is 362. The minimum absolute atomic E-state index is 0.0443. The predicted octanol–water partition coefficient (Wildman–Crippen LogP) is 3.28. The van der Waals surface area contributed by atoms with Crippen molar-refractivity contribution in [3.63, 3.8) is 0 Å². The first kappa shape index (κ1) is 12.4. The maximum absolute atomic E-state index is 8.99. The number of methoxy groups -OCH3 is 1. The smallest absolute Gasteiger partial charge is 0.118 e. The molecule has 2 atom stereocenters. The first-order valence-electron chi connectivity index (χ1n) is 5.24. The molecule has 1 aliphatic carbocycles. The van der Waals surface area contributed by atoms with E-state index in [2.05, 4.69) is 44.0 Å². The van der Waals surface area contributed by atoms with Crippen LogP contribution in [0.3, 0.4) is 0 Å². The van der Waals surface area contributed by atoms with Crippen LogP contribution >= 0.6 is 31.9 Å². The average molecular weight is 350 g/mol. The van der Waals surface area contributed by atoms with Crippen molar-refractivity contribution in [2.24, 2.45) is 5.92 Å². The topological polar surface area (TPSA) is 29.5 Å². The molecular weight excluding hydrogens is 336 g/mol. The fraction of sp³-hybridized carbons (Fsp3) is 0.500. The summed E-state index contributed by atoms with van der Waals surface area (Å²) in [4.78, 5) is 0. The van der Waals surface area contributed by atoms with E-state index in [-0.39, 0.29) is 9.84 Å². The van der Waals surface area contributed by atoms with Crippen molar-refractivity contribution in [3.8, 4) is 5.75 Å². The molecule has 0 saturated heterocycles. The molecule has 2 unspecified atom stereocenters. The lowest BCUT2D eigenvalue weighted by Crippen LogP contribution is -1.91. The molecule has 1 aromatic carbocycles. The van der Waals surface area contributed by atoms with Crippen LogP contribution < -0.4 is 4.74 Å². The Morgan fingerprint density at radius 3 is 2.44 bits per heavy atom. The largest absolute Gasteiger partial charge is 0.497 e. The molecule has 0 bridgehead atoms. The third kappa shape index (κ3) is 2.15. The van der Waals surface area contributed by atoms with Gasteiger partial charge in [-0.2, -0.15) is 0 Å². The lowest BCUT2D eigenvalue weighted by Gasteiger charge is -2.03. The van der Waals surface area contributed by atoms with Gasteiger partial charge in [-0.1, -0.05) is 44.0 Å². The second-order valence-electron chi connectivity index (χ2n) is 4.04. The van der Waals surface area contributed by atoms with Gasteiger partial charge in [-0.3, -0.25) is 0 Å². The lowest BCUT2D eigenvalue weighted by atomic mass is 10.1. The van der Waals surface area contributed by atoms with Crippen molar-refractivity contribution in [3.05, 3.63) is 29.8 Å². The van der Waals surface area contributed by atoms with Crippen LogP contribution in [0.1, 0.15) is 17.9 Å². The van der Waals surface area contributed by atoms with E-state index in [1.165, 1.54) is 5.56 Å².